The van der Waals surface area contributed by atoms with E-state index in [2.05, 4.69) is 4.98 Å². The van der Waals surface area contributed by atoms with E-state index in [0.29, 0.717) is 5.75 Å². The van der Waals surface area contributed by atoms with E-state index in [-0.39, 0.29) is 11.3 Å². The van der Waals surface area contributed by atoms with Crippen molar-refractivity contribution in [3.8, 4) is 0 Å². The second-order valence-corrected chi connectivity index (χ2v) is 8.72. The maximum Gasteiger partial charge on any atom is 0.232 e. The first kappa shape index (κ1) is 17.8. The van der Waals surface area contributed by atoms with Crippen LogP contribution in [0.2, 0.25) is 5.02 Å². The number of likely N-dealkylation sites (tertiary alicyclic amines) is 1. The van der Waals surface area contributed by atoms with E-state index in [4.69, 9.17) is 16.6 Å². The predicted molar refractivity (Wildman–Crippen MR) is 105 cm³/mol. The molecule has 26 heavy (non-hydrogen) atoms. The number of carbonyl (C=O) groups is 1. The fraction of sp³-hybridized carbons (Fsp3) is 0.450. The molecule has 1 aliphatic heterocycles. The summed E-state index contributed by atoms with van der Waals surface area (Å²) in [5.74, 6) is 1.50. The molecule has 1 atom stereocenters. The highest BCUT2D eigenvalue weighted by atomic mass is 35.5. The fourth-order valence-electron chi connectivity index (χ4n) is 4.14. The van der Waals surface area contributed by atoms with E-state index >= 15 is 0 Å². The number of hydrogen-bond acceptors (Lipinski definition) is 4. The summed E-state index contributed by atoms with van der Waals surface area (Å²) < 4.78 is 0. The topological polar surface area (TPSA) is 46.1 Å². The lowest BCUT2D eigenvalue weighted by atomic mass is 9.77. The standard InChI is InChI=1S/C20H22ClN3OS/c1-14-22-11-15-7-9-20(19(15)23-14)8-2-10-24(13-20)18(25)12-26-17-5-3-16(21)4-6-17/h3-6,11H,2,7-10,12-13H2,1H3. The summed E-state index contributed by atoms with van der Waals surface area (Å²) in [6, 6.07) is 7.65. The van der Waals surface area contributed by atoms with Crippen LogP contribution in [0.3, 0.4) is 0 Å². The Morgan fingerprint density at radius 3 is 2.92 bits per heavy atom. The number of aryl methyl sites for hydroxylation is 2. The molecule has 1 aromatic heterocycles. The van der Waals surface area contributed by atoms with Gasteiger partial charge in [-0.3, -0.25) is 4.79 Å². The number of halogens is 1. The predicted octanol–water partition coefficient (Wildman–Crippen LogP) is 4.04. The molecule has 1 aliphatic carbocycles. The highest BCUT2D eigenvalue weighted by molar-refractivity contribution is 8.00. The van der Waals surface area contributed by atoms with Gasteiger partial charge in [0.05, 0.1) is 11.4 Å². The highest BCUT2D eigenvalue weighted by Crippen LogP contribution is 2.43. The molecule has 2 heterocycles. The summed E-state index contributed by atoms with van der Waals surface area (Å²) >= 11 is 7.50. The first-order valence-corrected chi connectivity index (χ1v) is 10.4. The molecule has 2 aromatic rings. The molecule has 136 valence electrons. The van der Waals surface area contributed by atoms with E-state index in [0.717, 1.165) is 54.5 Å². The molecule has 1 saturated heterocycles. The van der Waals surface area contributed by atoms with Gasteiger partial charge in [0.25, 0.3) is 0 Å². The first-order valence-electron chi connectivity index (χ1n) is 9.05. The van der Waals surface area contributed by atoms with Crippen LogP contribution in [0.15, 0.2) is 35.4 Å². The smallest absolute Gasteiger partial charge is 0.232 e. The van der Waals surface area contributed by atoms with Crippen LogP contribution in [0, 0.1) is 6.92 Å². The molecule has 1 unspecified atom stereocenters. The van der Waals surface area contributed by atoms with Crippen molar-refractivity contribution in [2.24, 2.45) is 0 Å². The van der Waals surface area contributed by atoms with Crippen molar-refractivity contribution in [1.82, 2.24) is 14.9 Å². The summed E-state index contributed by atoms with van der Waals surface area (Å²) in [6.07, 6.45) is 6.24. The van der Waals surface area contributed by atoms with Crippen molar-refractivity contribution >= 4 is 29.3 Å². The van der Waals surface area contributed by atoms with Gasteiger partial charge < -0.3 is 4.90 Å². The number of carbonyl (C=O) groups excluding carboxylic acids is 1. The molecule has 6 heteroatoms. The van der Waals surface area contributed by atoms with Gasteiger partial charge in [-0.15, -0.1) is 11.8 Å². The summed E-state index contributed by atoms with van der Waals surface area (Å²) in [7, 11) is 0. The van der Waals surface area contributed by atoms with Crippen molar-refractivity contribution in [3.63, 3.8) is 0 Å². The minimum Gasteiger partial charge on any atom is -0.341 e. The molecule has 0 saturated carbocycles. The third kappa shape index (κ3) is 3.47. The van der Waals surface area contributed by atoms with E-state index in [1.165, 1.54) is 11.3 Å². The maximum atomic E-state index is 12.8. The number of fused-ring (bicyclic) bond motifs is 2. The van der Waals surface area contributed by atoms with Crippen LogP contribution in [-0.2, 0) is 16.6 Å². The minimum atomic E-state index is 0.0296. The Hall–Kier alpha value is -1.59. The molecular weight excluding hydrogens is 366 g/mol. The van der Waals surface area contributed by atoms with Gasteiger partial charge in [-0.1, -0.05) is 11.6 Å². The monoisotopic (exact) mass is 387 g/mol. The van der Waals surface area contributed by atoms with Gasteiger partial charge >= 0.3 is 0 Å². The third-order valence-electron chi connectivity index (χ3n) is 5.47. The van der Waals surface area contributed by atoms with Crippen LogP contribution < -0.4 is 0 Å². The average molecular weight is 388 g/mol. The normalized spacial score (nSPS) is 21.8. The number of rotatable bonds is 3. The van der Waals surface area contributed by atoms with Crippen LogP contribution >= 0.6 is 23.4 Å². The summed E-state index contributed by atoms with van der Waals surface area (Å²) in [6.45, 7) is 3.58. The lowest BCUT2D eigenvalue weighted by molar-refractivity contribution is -0.130. The zero-order valence-corrected chi connectivity index (χ0v) is 16.4. The Morgan fingerprint density at radius 1 is 1.31 bits per heavy atom. The van der Waals surface area contributed by atoms with E-state index < -0.39 is 0 Å². The molecule has 0 N–H and O–H groups in total. The Balaban J connectivity index is 1.45. The largest absolute Gasteiger partial charge is 0.341 e. The highest BCUT2D eigenvalue weighted by Gasteiger charge is 2.44. The van der Waals surface area contributed by atoms with Crippen LogP contribution in [0.5, 0.6) is 0 Å². The molecule has 1 amide bonds. The Labute approximate surface area is 163 Å². The van der Waals surface area contributed by atoms with E-state index in [9.17, 15) is 4.79 Å². The van der Waals surface area contributed by atoms with Gasteiger partial charge in [-0.2, -0.15) is 0 Å². The number of piperidine rings is 1. The lowest BCUT2D eigenvalue weighted by Gasteiger charge is -2.40. The van der Waals surface area contributed by atoms with Crippen molar-refractivity contribution in [1.29, 1.82) is 0 Å². The van der Waals surface area contributed by atoms with Gasteiger partial charge in [0, 0.05) is 34.6 Å². The Morgan fingerprint density at radius 2 is 2.12 bits per heavy atom. The van der Waals surface area contributed by atoms with Crippen molar-refractivity contribution in [2.75, 3.05) is 18.8 Å². The molecule has 0 bridgehead atoms. The molecule has 4 rings (SSSR count). The zero-order chi connectivity index (χ0) is 18.1. The molecule has 4 nitrogen and oxygen atoms in total. The third-order valence-corrected chi connectivity index (χ3v) is 6.71. The maximum absolute atomic E-state index is 12.8. The van der Waals surface area contributed by atoms with Crippen molar-refractivity contribution in [3.05, 3.63) is 52.6 Å². The molecular formula is C20H22ClN3OS. The lowest BCUT2D eigenvalue weighted by Crippen LogP contribution is -2.48. The molecule has 1 fully saturated rings. The van der Waals surface area contributed by atoms with Gasteiger partial charge in [0.2, 0.25) is 5.91 Å². The number of amides is 1. The minimum absolute atomic E-state index is 0.0296. The second kappa shape index (κ2) is 7.20. The van der Waals surface area contributed by atoms with Crippen LogP contribution in [0.25, 0.3) is 0 Å². The van der Waals surface area contributed by atoms with Crippen LogP contribution in [0.1, 0.15) is 36.3 Å². The molecule has 1 spiro atoms. The molecule has 2 aliphatic rings. The van der Waals surface area contributed by atoms with Gasteiger partial charge in [-0.05, 0) is 62.4 Å². The first-order chi connectivity index (χ1) is 12.6. The average Bonchev–Trinajstić information content (AvgIpc) is 2.98. The van der Waals surface area contributed by atoms with E-state index in [1.807, 2.05) is 42.3 Å². The molecule has 1 aromatic carbocycles. The van der Waals surface area contributed by atoms with Crippen LogP contribution in [0.4, 0.5) is 0 Å². The summed E-state index contributed by atoms with van der Waals surface area (Å²) in [5, 5.41) is 0.718. The van der Waals surface area contributed by atoms with E-state index in [1.54, 1.807) is 11.8 Å². The number of benzene rings is 1. The Kier molecular flexibility index (Phi) is 4.93. The zero-order valence-electron chi connectivity index (χ0n) is 14.9. The molecule has 0 radical (unpaired) electrons. The van der Waals surface area contributed by atoms with Crippen molar-refractivity contribution in [2.45, 2.75) is 42.9 Å². The van der Waals surface area contributed by atoms with Crippen LogP contribution in [-0.4, -0.2) is 39.6 Å². The van der Waals surface area contributed by atoms with Gasteiger partial charge in [0.15, 0.2) is 0 Å². The summed E-state index contributed by atoms with van der Waals surface area (Å²) in [4.78, 5) is 25.0. The van der Waals surface area contributed by atoms with Gasteiger partial charge in [-0.25, -0.2) is 9.97 Å². The quantitative estimate of drug-likeness (QED) is 0.746. The number of thioether (sulfide) groups is 1. The number of aromatic nitrogens is 2. The summed E-state index contributed by atoms with van der Waals surface area (Å²) in [5.41, 5.74) is 2.48. The number of hydrogen-bond donors (Lipinski definition) is 0. The number of nitrogens with zero attached hydrogens (tertiary/aromatic N) is 3. The second-order valence-electron chi connectivity index (χ2n) is 7.23. The SMILES string of the molecule is Cc1ncc2c(n1)C1(CCCN(C(=O)CSc3ccc(Cl)cc3)C1)CC2. The fourth-order valence-corrected chi connectivity index (χ4v) is 5.07. The van der Waals surface area contributed by atoms with Gasteiger partial charge in [0.1, 0.15) is 5.82 Å². The Bertz CT molecular complexity index is 822. The van der Waals surface area contributed by atoms with Crippen molar-refractivity contribution < 1.29 is 4.79 Å².